The van der Waals surface area contributed by atoms with Crippen LogP contribution in [0, 0.1) is 0 Å². The van der Waals surface area contributed by atoms with Crippen molar-refractivity contribution in [1.29, 1.82) is 0 Å². The number of aliphatic imine (C=N–C) groups is 1. The van der Waals surface area contributed by atoms with E-state index in [-0.39, 0.29) is 6.10 Å². The molecule has 0 aliphatic carbocycles. The molecule has 1 heterocycles. The number of ether oxygens (including phenoxy) is 1. The highest BCUT2D eigenvalue weighted by Crippen LogP contribution is 2.24. The summed E-state index contributed by atoms with van der Waals surface area (Å²) in [6.07, 6.45) is 0.166. The van der Waals surface area contributed by atoms with Gasteiger partial charge in [0.05, 0.1) is 19.2 Å². The summed E-state index contributed by atoms with van der Waals surface area (Å²) in [5.74, 6) is 1.55. The van der Waals surface area contributed by atoms with Gasteiger partial charge in [0.15, 0.2) is 5.96 Å². The summed E-state index contributed by atoms with van der Waals surface area (Å²) in [4.78, 5) is 5.54. The van der Waals surface area contributed by atoms with Crippen LogP contribution in [0.3, 0.4) is 0 Å². The number of thiophene rings is 1. The minimum absolute atomic E-state index is 0.166. The van der Waals surface area contributed by atoms with E-state index < -0.39 is 5.60 Å². The molecule has 3 N–H and O–H groups in total. The number of hydrogen-bond donors (Lipinski definition) is 3. The zero-order valence-corrected chi connectivity index (χ0v) is 16.8. The zero-order chi connectivity index (χ0) is 19.0. The molecule has 1 unspecified atom stereocenters. The second-order valence-corrected chi connectivity index (χ2v) is 7.56. The van der Waals surface area contributed by atoms with Gasteiger partial charge in [0.2, 0.25) is 0 Å². The summed E-state index contributed by atoms with van der Waals surface area (Å²) in [5.41, 5.74) is 0.170. The second-order valence-electron chi connectivity index (χ2n) is 6.61. The van der Waals surface area contributed by atoms with Crippen molar-refractivity contribution >= 4 is 17.3 Å². The van der Waals surface area contributed by atoms with E-state index in [0.717, 1.165) is 22.7 Å². The van der Waals surface area contributed by atoms with Crippen molar-refractivity contribution < 1.29 is 9.84 Å². The first-order valence-electron chi connectivity index (χ1n) is 8.95. The van der Waals surface area contributed by atoms with Crippen molar-refractivity contribution in [2.24, 2.45) is 4.99 Å². The average Bonchev–Trinajstić information content (AvgIpc) is 3.14. The molecule has 2 aromatic rings. The normalized spacial score (nSPS) is 14.2. The largest absolute Gasteiger partial charge is 0.491 e. The molecule has 1 aromatic carbocycles. The molecule has 1 atom stereocenters. The first-order chi connectivity index (χ1) is 12.4. The third kappa shape index (κ3) is 6.35. The standard InChI is InChI=1S/C20H29N3O2S/c1-5-21-19(23-14-20(4,24)18-7-6-12-26-18)22-13-16-8-10-17(11-9-16)25-15(2)3/h6-12,15,24H,5,13-14H2,1-4H3,(H2,21,22,23). The molecule has 0 bridgehead atoms. The number of nitrogens with zero attached hydrogens (tertiary/aromatic N) is 1. The summed E-state index contributed by atoms with van der Waals surface area (Å²) in [7, 11) is 0. The molecule has 0 aliphatic rings. The third-order valence-electron chi connectivity index (χ3n) is 3.71. The average molecular weight is 376 g/mol. The summed E-state index contributed by atoms with van der Waals surface area (Å²) >= 11 is 1.55. The maximum Gasteiger partial charge on any atom is 0.191 e. The first-order valence-corrected chi connectivity index (χ1v) is 9.83. The molecule has 0 spiro atoms. The van der Waals surface area contributed by atoms with Gasteiger partial charge in [-0.05, 0) is 56.8 Å². The van der Waals surface area contributed by atoms with Crippen LogP contribution in [0.25, 0.3) is 0 Å². The summed E-state index contributed by atoms with van der Waals surface area (Å²) in [5, 5.41) is 19.0. The fourth-order valence-electron chi connectivity index (χ4n) is 2.39. The minimum Gasteiger partial charge on any atom is -0.491 e. The van der Waals surface area contributed by atoms with Gasteiger partial charge in [-0.3, -0.25) is 0 Å². The number of benzene rings is 1. The van der Waals surface area contributed by atoms with Gasteiger partial charge in [0.25, 0.3) is 0 Å². The highest BCUT2D eigenvalue weighted by atomic mass is 32.1. The quantitative estimate of drug-likeness (QED) is 0.488. The summed E-state index contributed by atoms with van der Waals surface area (Å²) < 4.78 is 5.66. The highest BCUT2D eigenvalue weighted by Gasteiger charge is 2.24. The monoisotopic (exact) mass is 375 g/mol. The second kappa shape index (κ2) is 9.59. The Morgan fingerprint density at radius 3 is 2.54 bits per heavy atom. The van der Waals surface area contributed by atoms with E-state index >= 15 is 0 Å². The van der Waals surface area contributed by atoms with E-state index in [1.54, 1.807) is 11.3 Å². The molecular formula is C20H29N3O2S. The molecule has 0 fully saturated rings. The smallest absolute Gasteiger partial charge is 0.191 e. The molecule has 0 aliphatic heterocycles. The zero-order valence-electron chi connectivity index (χ0n) is 16.0. The van der Waals surface area contributed by atoms with E-state index in [9.17, 15) is 5.11 Å². The van der Waals surface area contributed by atoms with E-state index in [4.69, 9.17) is 4.74 Å². The fourth-order valence-corrected chi connectivity index (χ4v) is 3.17. The van der Waals surface area contributed by atoms with Crippen LogP contribution in [-0.2, 0) is 12.1 Å². The summed E-state index contributed by atoms with van der Waals surface area (Å²) in [6.45, 7) is 9.55. The molecule has 5 nitrogen and oxygen atoms in total. The van der Waals surface area contributed by atoms with Gasteiger partial charge in [-0.1, -0.05) is 18.2 Å². The molecule has 0 saturated heterocycles. The van der Waals surface area contributed by atoms with Gasteiger partial charge < -0.3 is 20.5 Å². The third-order valence-corrected chi connectivity index (χ3v) is 4.83. The van der Waals surface area contributed by atoms with E-state index in [2.05, 4.69) is 15.6 Å². The number of guanidine groups is 1. The van der Waals surface area contributed by atoms with Crippen LogP contribution in [0.4, 0.5) is 0 Å². The molecule has 142 valence electrons. The van der Waals surface area contributed by atoms with Crippen LogP contribution in [0.5, 0.6) is 5.75 Å². The number of aliphatic hydroxyl groups is 1. The molecule has 0 radical (unpaired) electrons. The van der Waals surface area contributed by atoms with Gasteiger partial charge in [-0.15, -0.1) is 11.3 Å². The van der Waals surface area contributed by atoms with Crippen LogP contribution >= 0.6 is 11.3 Å². The van der Waals surface area contributed by atoms with Crippen molar-refractivity contribution in [2.45, 2.75) is 45.9 Å². The van der Waals surface area contributed by atoms with E-state index in [1.807, 2.05) is 69.5 Å². The van der Waals surface area contributed by atoms with Gasteiger partial charge in [-0.25, -0.2) is 4.99 Å². The number of rotatable bonds is 8. The van der Waals surface area contributed by atoms with Gasteiger partial charge in [0.1, 0.15) is 11.4 Å². The highest BCUT2D eigenvalue weighted by molar-refractivity contribution is 7.10. The fraction of sp³-hybridized carbons (Fsp3) is 0.450. The molecule has 1 aromatic heterocycles. The topological polar surface area (TPSA) is 65.9 Å². The Morgan fingerprint density at radius 1 is 1.23 bits per heavy atom. The van der Waals surface area contributed by atoms with Gasteiger partial charge in [0, 0.05) is 11.4 Å². The molecular weight excluding hydrogens is 346 g/mol. The predicted octanol–water partition coefficient (Wildman–Crippen LogP) is 3.50. The van der Waals surface area contributed by atoms with Crippen LogP contribution in [-0.4, -0.2) is 30.3 Å². The molecule has 6 heteroatoms. The lowest BCUT2D eigenvalue weighted by Gasteiger charge is -2.23. The Balaban J connectivity index is 1.95. The maximum atomic E-state index is 10.6. The van der Waals surface area contributed by atoms with Crippen LogP contribution in [0.1, 0.15) is 38.1 Å². The Labute approximate surface area is 160 Å². The van der Waals surface area contributed by atoms with Crippen LogP contribution in [0.15, 0.2) is 46.8 Å². The first kappa shape index (κ1) is 20.3. The Morgan fingerprint density at radius 2 is 1.96 bits per heavy atom. The van der Waals surface area contributed by atoms with Gasteiger partial charge in [-0.2, -0.15) is 0 Å². The molecule has 0 saturated carbocycles. The van der Waals surface area contributed by atoms with Crippen molar-refractivity contribution in [3.05, 3.63) is 52.2 Å². The Kier molecular flexibility index (Phi) is 7.48. The van der Waals surface area contributed by atoms with Gasteiger partial charge >= 0.3 is 0 Å². The van der Waals surface area contributed by atoms with Crippen LogP contribution in [0.2, 0.25) is 0 Å². The SMILES string of the molecule is CCNC(=NCc1ccc(OC(C)C)cc1)NCC(C)(O)c1cccs1. The Bertz CT molecular complexity index is 680. The molecule has 26 heavy (non-hydrogen) atoms. The van der Waals surface area contributed by atoms with Crippen molar-refractivity contribution in [3.63, 3.8) is 0 Å². The lowest BCUT2D eigenvalue weighted by atomic mass is 10.1. The Hall–Kier alpha value is -2.05. The van der Waals surface area contributed by atoms with Crippen molar-refractivity contribution in [2.75, 3.05) is 13.1 Å². The predicted molar refractivity (Wildman–Crippen MR) is 109 cm³/mol. The summed E-state index contributed by atoms with van der Waals surface area (Å²) in [6, 6.07) is 11.9. The van der Waals surface area contributed by atoms with Crippen LogP contribution < -0.4 is 15.4 Å². The maximum absolute atomic E-state index is 10.6. The van der Waals surface area contributed by atoms with E-state index in [1.165, 1.54) is 0 Å². The van der Waals surface area contributed by atoms with E-state index in [0.29, 0.717) is 19.0 Å². The number of nitrogens with one attached hydrogen (secondary N) is 2. The van der Waals surface area contributed by atoms with Crippen molar-refractivity contribution in [1.82, 2.24) is 10.6 Å². The molecule has 2 rings (SSSR count). The lowest BCUT2D eigenvalue weighted by Crippen LogP contribution is -2.44. The van der Waals surface area contributed by atoms with Crippen molar-refractivity contribution in [3.8, 4) is 5.75 Å². The lowest BCUT2D eigenvalue weighted by molar-refractivity contribution is 0.0655. The molecule has 0 amide bonds. The minimum atomic E-state index is -0.930. The number of hydrogen-bond acceptors (Lipinski definition) is 4.